The average molecular weight is 588 g/mol. The number of fused-ring (bicyclic) bond motifs is 1. The van der Waals surface area contributed by atoms with Crippen molar-refractivity contribution in [3.05, 3.63) is 105 Å². The Morgan fingerprint density at radius 3 is 2.71 bits per heavy atom. The number of carbonyl (C=O) groups is 1. The molecule has 0 saturated carbocycles. The zero-order valence-corrected chi connectivity index (χ0v) is 25.3. The summed E-state index contributed by atoms with van der Waals surface area (Å²) >= 11 is 7.88. The van der Waals surface area contributed by atoms with Crippen molar-refractivity contribution in [1.29, 1.82) is 0 Å². The number of rotatable bonds is 10. The van der Waals surface area contributed by atoms with Gasteiger partial charge >= 0.3 is 0 Å². The molecule has 3 aromatic carbocycles. The van der Waals surface area contributed by atoms with Gasteiger partial charge in [-0.1, -0.05) is 84.7 Å². The third-order valence-electron chi connectivity index (χ3n) is 6.96. The minimum atomic E-state index is -0.506. The third kappa shape index (κ3) is 6.60. The number of thioether (sulfide) groups is 1. The van der Waals surface area contributed by atoms with Crippen LogP contribution in [-0.2, 0) is 10.5 Å². The summed E-state index contributed by atoms with van der Waals surface area (Å²) in [6, 6.07) is 21.1. The second kappa shape index (κ2) is 12.8. The van der Waals surface area contributed by atoms with E-state index >= 15 is 0 Å². The summed E-state index contributed by atoms with van der Waals surface area (Å²) in [6.07, 6.45) is 2.02. The first-order valence-electron chi connectivity index (χ1n) is 13.8. The SMILES string of the molecule is CCCCOc1cccc(C2C(C(=O)Nc3ccc(C)cc3C)=C(C)Nc3nc(SCc4ccccc4Cl)nn32)c1. The number of nitrogens with one attached hydrogen (secondary N) is 2. The molecular weight excluding hydrogens is 554 g/mol. The highest BCUT2D eigenvalue weighted by Gasteiger charge is 2.35. The molecular formula is C32H34ClN5O2S. The van der Waals surface area contributed by atoms with E-state index in [0.717, 1.165) is 52.2 Å². The molecule has 212 valence electrons. The molecule has 0 saturated heterocycles. The monoisotopic (exact) mass is 587 g/mol. The molecule has 1 unspecified atom stereocenters. The largest absolute Gasteiger partial charge is 0.494 e. The predicted octanol–water partition coefficient (Wildman–Crippen LogP) is 7.95. The van der Waals surface area contributed by atoms with Gasteiger partial charge in [0.1, 0.15) is 11.8 Å². The fraction of sp³-hybridized carbons (Fsp3) is 0.281. The number of halogens is 1. The van der Waals surface area contributed by atoms with Crippen molar-refractivity contribution in [2.24, 2.45) is 0 Å². The number of amides is 1. The maximum atomic E-state index is 13.9. The van der Waals surface area contributed by atoms with Crippen molar-refractivity contribution in [2.75, 3.05) is 17.2 Å². The summed E-state index contributed by atoms with van der Waals surface area (Å²) < 4.78 is 7.82. The Kier molecular flexibility index (Phi) is 9.00. The van der Waals surface area contributed by atoms with E-state index in [1.54, 1.807) is 4.68 Å². The van der Waals surface area contributed by atoms with E-state index in [0.29, 0.717) is 34.1 Å². The summed E-state index contributed by atoms with van der Waals surface area (Å²) in [5, 5.41) is 12.6. The number of carbonyl (C=O) groups excluding carboxylic acids is 1. The highest BCUT2D eigenvalue weighted by molar-refractivity contribution is 7.98. The van der Waals surface area contributed by atoms with E-state index in [1.807, 2.05) is 81.4 Å². The standard InChI is InChI=1S/C32H34ClN5O2S/c1-5-6-16-40-25-12-9-11-23(18-25)29-28(30(39)35-27-15-14-20(2)17-21(27)3)22(4)34-31-36-32(37-38(29)31)41-19-24-10-7-8-13-26(24)33/h7-15,17-18,29H,5-6,16,19H2,1-4H3,(H,35,39)(H,34,36,37). The van der Waals surface area contributed by atoms with Crippen molar-refractivity contribution in [2.45, 2.75) is 57.5 Å². The normalized spacial score (nSPS) is 14.4. The van der Waals surface area contributed by atoms with Gasteiger partial charge in [-0.25, -0.2) is 4.68 Å². The van der Waals surface area contributed by atoms with E-state index < -0.39 is 6.04 Å². The van der Waals surface area contributed by atoms with Gasteiger partial charge in [-0.05, 0) is 68.1 Å². The van der Waals surface area contributed by atoms with Crippen LogP contribution in [0.3, 0.4) is 0 Å². The molecule has 1 amide bonds. The first-order valence-corrected chi connectivity index (χ1v) is 15.1. The minimum absolute atomic E-state index is 0.198. The number of unbranched alkanes of at least 4 members (excludes halogenated alkanes) is 1. The molecule has 0 fully saturated rings. The van der Waals surface area contributed by atoms with Crippen LogP contribution in [0, 0.1) is 13.8 Å². The van der Waals surface area contributed by atoms with Crippen LogP contribution in [0.1, 0.15) is 55.0 Å². The smallest absolute Gasteiger partial charge is 0.255 e. The van der Waals surface area contributed by atoms with E-state index in [9.17, 15) is 4.79 Å². The number of ether oxygens (including phenoxy) is 1. The second-order valence-corrected chi connectivity index (χ2v) is 11.5. The molecule has 2 N–H and O–H groups in total. The van der Waals surface area contributed by atoms with Crippen LogP contribution in [0.15, 0.2) is 83.2 Å². The maximum Gasteiger partial charge on any atom is 0.255 e. The Bertz CT molecular complexity index is 1600. The van der Waals surface area contributed by atoms with Crippen molar-refractivity contribution in [3.63, 3.8) is 0 Å². The van der Waals surface area contributed by atoms with Crippen molar-refractivity contribution in [1.82, 2.24) is 14.8 Å². The van der Waals surface area contributed by atoms with Crippen LogP contribution in [0.25, 0.3) is 0 Å². The summed E-state index contributed by atoms with van der Waals surface area (Å²) in [5.74, 6) is 1.77. The molecule has 9 heteroatoms. The molecule has 41 heavy (non-hydrogen) atoms. The van der Waals surface area contributed by atoms with Crippen LogP contribution in [0.2, 0.25) is 5.02 Å². The van der Waals surface area contributed by atoms with Gasteiger partial charge in [-0.2, -0.15) is 4.98 Å². The topological polar surface area (TPSA) is 81.1 Å². The number of nitrogens with zero attached hydrogens (tertiary/aromatic N) is 3. The molecule has 1 aliphatic heterocycles. The number of hydrogen-bond acceptors (Lipinski definition) is 6. The molecule has 0 aliphatic carbocycles. The number of hydrogen-bond donors (Lipinski definition) is 2. The Morgan fingerprint density at radius 2 is 1.93 bits per heavy atom. The minimum Gasteiger partial charge on any atom is -0.494 e. The second-order valence-electron chi connectivity index (χ2n) is 10.2. The van der Waals surface area contributed by atoms with Gasteiger partial charge in [0.25, 0.3) is 5.91 Å². The van der Waals surface area contributed by atoms with Gasteiger partial charge in [0.2, 0.25) is 11.1 Å². The van der Waals surface area contributed by atoms with Crippen molar-refractivity contribution < 1.29 is 9.53 Å². The molecule has 0 bridgehead atoms. The third-order valence-corrected chi connectivity index (χ3v) is 8.22. The number of aromatic nitrogens is 3. The lowest BCUT2D eigenvalue weighted by Crippen LogP contribution is -2.31. The fourth-order valence-electron chi connectivity index (χ4n) is 4.80. The van der Waals surface area contributed by atoms with Crippen LogP contribution < -0.4 is 15.4 Å². The Labute approximate surface area is 250 Å². The molecule has 5 rings (SSSR count). The Balaban J connectivity index is 1.50. The lowest BCUT2D eigenvalue weighted by molar-refractivity contribution is -0.113. The van der Waals surface area contributed by atoms with Crippen LogP contribution >= 0.6 is 23.4 Å². The van der Waals surface area contributed by atoms with Crippen molar-refractivity contribution >= 4 is 40.9 Å². The molecule has 2 heterocycles. The Morgan fingerprint density at radius 1 is 1.10 bits per heavy atom. The molecule has 7 nitrogen and oxygen atoms in total. The number of anilines is 2. The molecule has 4 aromatic rings. The average Bonchev–Trinajstić information content (AvgIpc) is 3.36. The molecule has 0 radical (unpaired) electrons. The van der Waals surface area contributed by atoms with Gasteiger partial charge in [0.05, 0.1) is 12.2 Å². The van der Waals surface area contributed by atoms with Gasteiger partial charge < -0.3 is 15.4 Å². The molecule has 1 atom stereocenters. The lowest BCUT2D eigenvalue weighted by Gasteiger charge is -2.29. The van der Waals surface area contributed by atoms with Gasteiger partial charge in [-0.15, -0.1) is 5.10 Å². The fourth-order valence-corrected chi connectivity index (χ4v) is 5.92. The van der Waals surface area contributed by atoms with E-state index in [2.05, 4.69) is 23.6 Å². The summed E-state index contributed by atoms with van der Waals surface area (Å²) in [5.41, 5.74) is 6.10. The van der Waals surface area contributed by atoms with Crippen molar-refractivity contribution in [3.8, 4) is 5.75 Å². The van der Waals surface area contributed by atoms with Crippen LogP contribution in [-0.4, -0.2) is 27.3 Å². The highest BCUT2D eigenvalue weighted by Crippen LogP contribution is 2.38. The molecule has 1 aliphatic rings. The molecule has 1 aromatic heterocycles. The highest BCUT2D eigenvalue weighted by atomic mass is 35.5. The summed E-state index contributed by atoms with van der Waals surface area (Å²) in [7, 11) is 0. The lowest BCUT2D eigenvalue weighted by atomic mass is 9.94. The van der Waals surface area contributed by atoms with Gasteiger partial charge in [0, 0.05) is 22.2 Å². The molecule has 0 spiro atoms. The number of aryl methyl sites for hydroxylation is 2. The number of benzene rings is 3. The van der Waals surface area contributed by atoms with E-state index in [1.165, 1.54) is 11.8 Å². The first-order chi connectivity index (χ1) is 19.8. The summed E-state index contributed by atoms with van der Waals surface area (Å²) in [4.78, 5) is 18.7. The zero-order chi connectivity index (χ0) is 28.9. The predicted molar refractivity (Wildman–Crippen MR) is 167 cm³/mol. The Hall–Kier alpha value is -3.75. The maximum absolute atomic E-state index is 13.9. The van der Waals surface area contributed by atoms with Gasteiger partial charge in [0.15, 0.2) is 0 Å². The number of allylic oxidation sites excluding steroid dienone is 1. The van der Waals surface area contributed by atoms with Crippen LogP contribution in [0.4, 0.5) is 11.6 Å². The van der Waals surface area contributed by atoms with E-state index in [4.69, 9.17) is 26.4 Å². The van der Waals surface area contributed by atoms with Crippen LogP contribution in [0.5, 0.6) is 5.75 Å². The van der Waals surface area contributed by atoms with Gasteiger partial charge in [-0.3, -0.25) is 4.79 Å². The quantitative estimate of drug-likeness (QED) is 0.145. The van der Waals surface area contributed by atoms with E-state index in [-0.39, 0.29) is 5.91 Å². The first kappa shape index (κ1) is 28.8. The summed E-state index contributed by atoms with van der Waals surface area (Å²) in [6.45, 7) is 8.71. The zero-order valence-electron chi connectivity index (χ0n) is 23.7.